The van der Waals surface area contributed by atoms with Crippen molar-refractivity contribution in [1.29, 1.82) is 0 Å². The summed E-state index contributed by atoms with van der Waals surface area (Å²) >= 11 is 0. The molecule has 1 N–H and O–H groups in total. The predicted octanol–water partition coefficient (Wildman–Crippen LogP) is 2.04. The third-order valence-corrected chi connectivity index (χ3v) is 2.88. The second-order valence-corrected chi connectivity index (χ2v) is 4.28. The summed E-state index contributed by atoms with van der Waals surface area (Å²) in [6.45, 7) is 4.62. The summed E-state index contributed by atoms with van der Waals surface area (Å²) in [6, 6.07) is 10.5. The molecule has 0 aromatic heterocycles. The monoisotopic (exact) mass is 237 g/mol. The number of benzene rings is 1. The van der Waals surface area contributed by atoms with Gasteiger partial charge in [0.05, 0.1) is 12.7 Å². The van der Waals surface area contributed by atoms with E-state index in [9.17, 15) is 0 Å². The van der Waals surface area contributed by atoms with Crippen molar-refractivity contribution in [1.82, 2.24) is 5.32 Å². The molecule has 2 unspecified atom stereocenters. The van der Waals surface area contributed by atoms with Crippen LogP contribution in [0.4, 0.5) is 0 Å². The molecule has 0 saturated heterocycles. The summed E-state index contributed by atoms with van der Waals surface area (Å²) in [4.78, 5) is 0. The molecule has 0 aliphatic heterocycles. The lowest BCUT2D eigenvalue weighted by atomic mass is 10.0. The van der Waals surface area contributed by atoms with Gasteiger partial charge in [0.15, 0.2) is 0 Å². The van der Waals surface area contributed by atoms with Crippen LogP contribution in [0.25, 0.3) is 0 Å². The summed E-state index contributed by atoms with van der Waals surface area (Å²) in [5.74, 6) is 0.510. The molecular weight excluding hydrogens is 214 g/mol. The summed E-state index contributed by atoms with van der Waals surface area (Å²) in [6.07, 6.45) is 0.128. The molecule has 1 aromatic rings. The Labute approximate surface area is 104 Å². The van der Waals surface area contributed by atoms with Gasteiger partial charge in [0.1, 0.15) is 0 Å². The third-order valence-electron chi connectivity index (χ3n) is 2.88. The average molecular weight is 237 g/mol. The van der Waals surface area contributed by atoms with Gasteiger partial charge in [-0.25, -0.2) is 0 Å². The molecule has 0 spiro atoms. The Hall–Kier alpha value is -0.900. The van der Waals surface area contributed by atoms with Crippen molar-refractivity contribution >= 4 is 0 Å². The Morgan fingerprint density at radius 3 is 2.41 bits per heavy atom. The number of nitrogens with one attached hydrogen (secondary N) is 1. The van der Waals surface area contributed by atoms with E-state index < -0.39 is 0 Å². The first-order valence-corrected chi connectivity index (χ1v) is 6.05. The maximum absolute atomic E-state index is 5.29. The highest BCUT2D eigenvalue weighted by Gasteiger charge is 2.08. The van der Waals surface area contributed by atoms with Gasteiger partial charge in [-0.2, -0.15) is 0 Å². The molecule has 0 heterocycles. The quantitative estimate of drug-likeness (QED) is 0.750. The maximum atomic E-state index is 5.29. The lowest BCUT2D eigenvalue weighted by molar-refractivity contribution is 0.0289. The van der Waals surface area contributed by atoms with Gasteiger partial charge in [-0.1, -0.05) is 37.3 Å². The van der Waals surface area contributed by atoms with Crippen LogP contribution in [0.1, 0.15) is 18.4 Å². The standard InChI is InChI=1S/C14H23NO2/c1-12(13-7-5-4-6-8-13)9-15-10-14(17-3)11-16-2/h4-8,12,14-15H,9-11H2,1-3H3. The summed E-state index contributed by atoms with van der Waals surface area (Å²) < 4.78 is 10.4. The maximum Gasteiger partial charge on any atom is 0.0928 e. The lowest BCUT2D eigenvalue weighted by Gasteiger charge is -2.17. The molecule has 17 heavy (non-hydrogen) atoms. The fourth-order valence-corrected chi connectivity index (χ4v) is 1.76. The number of rotatable bonds is 8. The van der Waals surface area contributed by atoms with Crippen molar-refractivity contribution in [3.05, 3.63) is 35.9 Å². The number of methoxy groups -OCH3 is 2. The Kier molecular flexibility index (Phi) is 6.86. The van der Waals surface area contributed by atoms with Gasteiger partial charge in [-0.15, -0.1) is 0 Å². The average Bonchev–Trinajstić information content (AvgIpc) is 2.38. The molecule has 1 aromatic carbocycles. The second kappa shape index (κ2) is 8.23. The van der Waals surface area contributed by atoms with Crippen molar-refractivity contribution in [2.24, 2.45) is 0 Å². The van der Waals surface area contributed by atoms with Gasteiger partial charge in [-0.3, -0.25) is 0 Å². The van der Waals surface area contributed by atoms with E-state index in [1.807, 2.05) is 6.07 Å². The first-order valence-electron chi connectivity index (χ1n) is 6.05. The zero-order chi connectivity index (χ0) is 12.5. The summed E-state index contributed by atoms with van der Waals surface area (Å²) in [5, 5.41) is 3.41. The fourth-order valence-electron chi connectivity index (χ4n) is 1.76. The minimum atomic E-state index is 0.128. The van der Waals surface area contributed by atoms with Crippen LogP contribution >= 0.6 is 0 Å². The van der Waals surface area contributed by atoms with Gasteiger partial charge < -0.3 is 14.8 Å². The Morgan fingerprint density at radius 1 is 1.12 bits per heavy atom. The molecule has 0 aliphatic carbocycles. The van der Waals surface area contributed by atoms with Crippen LogP contribution in [-0.2, 0) is 9.47 Å². The molecule has 0 aliphatic rings. The third kappa shape index (κ3) is 5.31. The van der Waals surface area contributed by atoms with E-state index in [-0.39, 0.29) is 6.10 Å². The van der Waals surface area contributed by atoms with Gasteiger partial charge in [0.25, 0.3) is 0 Å². The van der Waals surface area contributed by atoms with Crippen LogP contribution in [0, 0.1) is 0 Å². The Morgan fingerprint density at radius 2 is 1.82 bits per heavy atom. The van der Waals surface area contributed by atoms with E-state index in [0.717, 1.165) is 13.1 Å². The zero-order valence-corrected chi connectivity index (χ0v) is 11.0. The number of hydrogen-bond acceptors (Lipinski definition) is 3. The molecule has 0 radical (unpaired) electrons. The zero-order valence-electron chi connectivity index (χ0n) is 11.0. The van der Waals surface area contributed by atoms with Crippen LogP contribution in [0.2, 0.25) is 0 Å². The number of ether oxygens (including phenoxy) is 2. The molecule has 1 rings (SSSR count). The fraction of sp³-hybridized carbons (Fsp3) is 0.571. The minimum absolute atomic E-state index is 0.128. The predicted molar refractivity (Wildman–Crippen MR) is 70.4 cm³/mol. The van der Waals surface area contributed by atoms with Crippen LogP contribution in [0.5, 0.6) is 0 Å². The molecule has 0 bridgehead atoms. The van der Waals surface area contributed by atoms with E-state index in [1.165, 1.54) is 5.56 Å². The largest absolute Gasteiger partial charge is 0.382 e. The normalized spacial score (nSPS) is 14.5. The summed E-state index contributed by atoms with van der Waals surface area (Å²) in [5.41, 5.74) is 1.36. The second-order valence-electron chi connectivity index (χ2n) is 4.28. The molecule has 3 nitrogen and oxygen atoms in total. The molecule has 0 fully saturated rings. The highest BCUT2D eigenvalue weighted by molar-refractivity contribution is 5.18. The Bertz CT molecular complexity index is 290. The van der Waals surface area contributed by atoms with Gasteiger partial charge in [0, 0.05) is 27.3 Å². The van der Waals surface area contributed by atoms with Crippen molar-refractivity contribution in [3.63, 3.8) is 0 Å². The highest BCUT2D eigenvalue weighted by Crippen LogP contribution is 2.12. The van der Waals surface area contributed by atoms with Crippen molar-refractivity contribution in [3.8, 4) is 0 Å². The molecule has 2 atom stereocenters. The van der Waals surface area contributed by atoms with Gasteiger partial charge >= 0.3 is 0 Å². The first kappa shape index (κ1) is 14.2. The van der Waals surface area contributed by atoms with Crippen molar-refractivity contribution in [2.45, 2.75) is 18.9 Å². The van der Waals surface area contributed by atoms with E-state index >= 15 is 0 Å². The van der Waals surface area contributed by atoms with Crippen LogP contribution in [-0.4, -0.2) is 40.0 Å². The SMILES string of the molecule is COCC(CNCC(C)c1ccccc1)OC. The van der Waals surface area contributed by atoms with Crippen molar-refractivity contribution in [2.75, 3.05) is 33.9 Å². The van der Waals surface area contributed by atoms with E-state index in [4.69, 9.17) is 9.47 Å². The van der Waals surface area contributed by atoms with E-state index in [2.05, 4.69) is 36.5 Å². The van der Waals surface area contributed by atoms with Gasteiger partial charge in [-0.05, 0) is 11.5 Å². The molecule has 3 heteroatoms. The number of hydrogen-bond donors (Lipinski definition) is 1. The van der Waals surface area contributed by atoms with Gasteiger partial charge in [0.2, 0.25) is 0 Å². The molecule has 0 saturated carbocycles. The van der Waals surface area contributed by atoms with E-state index in [1.54, 1.807) is 14.2 Å². The highest BCUT2D eigenvalue weighted by atomic mass is 16.5. The first-order chi connectivity index (χ1) is 8.27. The smallest absolute Gasteiger partial charge is 0.0928 e. The molecule has 0 amide bonds. The van der Waals surface area contributed by atoms with Crippen LogP contribution < -0.4 is 5.32 Å². The molecule has 96 valence electrons. The van der Waals surface area contributed by atoms with Crippen LogP contribution in [0.15, 0.2) is 30.3 Å². The Balaban J connectivity index is 2.26. The van der Waals surface area contributed by atoms with Crippen molar-refractivity contribution < 1.29 is 9.47 Å². The van der Waals surface area contributed by atoms with Crippen LogP contribution in [0.3, 0.4) is 0 Å². The summed E-state index contributed by atoms with van der Waals surface area (Å²) in [7, 11) is 3.41. The molecular formula is C14H23NO2. The topological polar surface area (TPSA) is 30.5 Å². The van der Waals surface area contributed by atoms with E-state index in [0.29, 0.717) is 12.5 Å². The minimum Gasteiger partial charge on any atom is -0.382 e. The lowest BCUT2D eigenvalue weighted by Crippen LogP contribution is -2.33.